The molecule has 0 saturated carbocycles. The summed E-state index contributed by atoms with van der Waals surface area (Å²) in [6, 6.07) is 5.89. The molecular weight excluding hydrogens is 240 g/mol. The number of halogens is 2. The monoisotopic (exact) mass is 253 g/mol. The van der Waals surface area contributed by atoms with Crippen LogP contribution in [0.4, 0.5) is 8.78 Å². The van der Waals surface area contributed by atoms with Gasteiger partial charge in [-0.3, -0.25) is 14.5 Å². The number of carbonyl (C=O) groups excluding carboxylic acids is 2. The molecule has 96 valence electrons. The zero-order valence-corrected chi connectivity index (χ0v) is 9.68. The van der Waals surface area contributed by atoms with E-state index in [4.69, 9.17) is 0 Å². The lowest BCUT2D eigenvalue weighted by molar-refractivity contribution is -0.128. The molecule has 0 aliphatic carbocycles. The lowest BCUT2D eigenvalue weighted by atomic mass is 10.1. The smallest absolute Gasteiger partial charge is 0.216 e. The van der Waals surface area contributed by atoms with E-state index in [1.54, 1.807) is 12.1 Å². The van der Waals surface area contributed by atoms with Crippen LogP contribution < -0.4 is 0 Å². The van der Waals surface area contributed by atoms with Gasteiger partial charge in [0.2, 0.25) is 12.8 Å². The van der Waals surface area contributed by atoms with Crippen LogP contribution in [0, 0.1) is 5.82 Å². The van der Waals surface area contributed by atoms with Gasteiger partial charge >= 0.3 is 0 Å². The lowest BCUT2D eigenvalue weighted by Crippen LogP contribution is -2.22. The molecule has 0 saturated heterocycles. The van der Waals surface area contributed by atoms with Crippen molar-refractivity contribution in [2.45, 2.75) is 12.8 Å². The minimum absolute atomic E-state index is 0.0648. The molecule has 1 aromatic carbocycles. The van der Waals surface area contributed by atoms with E-state index in [0.29, 0.717) is 37.6 Å². The Morgan fingerprint density at radius 2 is 1.78 bits per heavy atom. The van der Waals surface area contributed by atoms with Gasteiger partial charge in [-0.05, 0) is 36.1 Å². The summed E-state index contributed by atoms with van der Waals surface area (Å²) < 4.78 is 25.2. The van der Waals surface area contributed by atoms with Crippen molar-refractivity contribution in [2.75, 3.05) is 6.54 Å². The Bertz CT molecular complexity index is 421. The summed E-state index contributed by atoms with van der Waals surface area (Å²) in [7, 11) is 0. The molecule has 0 spiro atoms. The van der Waals surface area contributed by atoms with E-state index in [1.807, 2.05) is 0 Å². The van der Waals surface area contributed by atoms with Gasteiger partial charge in [0.25, 0.3) is 0 Å². The van der Waals surface area contributed by atoms with Gasteiger partial charge in [-0.2, -0.15) is 0 Å². The number of benzene rings is 1. The van der Waals surface area contributed by atoms with E-state index in [1.165, 1.54) is 12.1 Å². The fourth-order valence-corrected chi connectivity index (χ4v) is 1.46. The molecule has 0 heterocycles. The van der Waals surface area contributed by atoms with Gasteiger partial charge in [0.1, 0.15) is 5.82 Å². The predicted molar refractivity (Wildman–Crippen MR) is 62.7 cm³/mol. The average Bonchev–Trinajstić information content (AvgIpc) is 2.41. The Morgan fingerprint density at radius 3 is 2.28 bits per heavy atom. The van der Waals surface area contributed by atoms with Gasteiger partial charge in [0, 0.05) is 0 Å². The molecule has 1 rings (SSSR count). The van der Waals surface area contributed by atoms with Crippen LogP contribution in [0.25, 0.3) is 0 Å². The molecule has 18 heavy (non-hydrogen) atoms. The quantitative estimate of drug-likeness (QED) is 0.699. The van der Waals surface area contributed by atoms with Crippen molar-refractivity contribution in [3.05, 3.63) is 47.5 Å². The topological polar surface area (TPSA) is 37.4 Å². The molecule has 5 heteroatoms. The fraction of sp³-hybridized carbons (Fsp3) is 0.231. The van der Waals surface area contributed by atoms with E-state index in [-0.39, 0.29) is 12.4 Å². The highest BCUT2D eigenvalue weighted by molar-refractivity contribution is 5.68. The Hall–Kier alpha value is -2.04. The third kappa shape index (κ3) is 4.45. The van der Waals surface area contributed by atoms with E-state index < -0.39 is 0 Å². The second kappa shape index (κ2) is 7.32. The summed E-state index contributed by atoms with van der Waals surface area (Å²) in [5.41, 5.74) is 1.19. The minimum atomic E-state index is -0.326. The Labute approximate surface area is 104 Å². The molecule has 0 unspecified atom stereocenters. The highest BCUT2D eigenvalue weighted by atomic mass is 19.1. The standard InChI is InChI=1S/C13H13F2NO2/c14-7-12(8-16(9-17)10-18)2-1-11-3-5-13(15)6-4-11/h3-7,9-10H,1-2,8H2. The maximum Gasteiger partial charge on any atom is 0.216 e. The van der Waals surface area contributed by atoms with E-state index in [9.17, 15) is 18.4 Å². The summed E-state index contributed by atoms with van der Waals surface area (Å²) in [4.78, 5) is 21.6. The number of rotatable bonds is 7. The van der Waals surface area contributed by atoms with Gasteiger partial charge in [-0.25, -0.2) is 8.78 Å². The number of aryl methyl sites for hydroxylation is 1. The van der Waals surface area contributed by atoms with Gasteiger partial charge < -0.3 is 0 Å². The number of hydrogen-bond donors (Lipinski definition) is 0. The Kier molecular flexibility index (Phi) is 5.70. The third-order valence-electron chi connectivity index (χ3n) is 2.46. The van der Waals surface area contributed by atoms with Crippen LogP contribution in [0.15, 0.2) is 36.2 Å². The molecule has 0 aliphatic rings. The molecule has 0 atom stereocenters. The molecule has 1 aromatic rings. The van der Waals surface area contributed by atoms with E-state index in [2.05, 4.69) is 0 Å². The van der Waals surface area contributed by atoms with Crippen LogP contribution in [0.2, 0.25) is 0 Å². The third-order valence-corrected chi connectivity index (χ3v) is 2.46. The van der Waals surface area contributed by atoms with Crippen molar-refractivity contribution in [3.63, 3.8) is 0 Å². The van der Waals surface area contributed by atoms with Crippen molar-refractivity contribution < 1.29 is 18.4 Å². The zero-order valence-electron chi connectivity index (χ0n) is 9.68. The summed E-state index contributed by atoms with van der Waals surface area (Å²) in [5.74, 6) is -0.326. The van der Waals surface area contributed by atoms with Crippen molar-refractivity contribution in [3.8, 4) is 0 Å². The first-order valence-corrected chi connectivity index (χ1v) is 5.38. The van der Waals surface area contributed by atoms with Gasteiger partial charge in [-0.1, -0.05) is 12.1 Å². The molecule has 0 radical (unpaired) electrons. The maximum absolute atomic E-state index is 12.7. The van der Waals surface area contributed by atoms with Gasteiger partial charge in [0.05, 0.1) is 12.9 Å². The maximum atomic E-state index is 12.7. The molecule has 2 amide bonds. The first kappa shape index (κ1) is 14.0. The minimum Gasteiger partial charge on any atom is -0.284 e. The summed E-state index contributed by atoms with van der Waals surface area (Å²) in [6.45, 7) is -0.0648. The molecule has 0 fully saturated rings. The molecule has 0 bridgehead atoms. The normalized spacial score (nSPS) is 11.1. The number of imide groups is 1. The zero-order chi connectivity index (χ0) is 13.4. The van der Waals surface area contributed by atoms with Crippen molar-refractivity contribution in [1.82, 2.24) is 4.90 Å². The first-order chi connectivity index (χ1) is 8.69. The summed E-state index contributed by atoms with van der Waals surface area (Å²) >= 11 is 0. The number of carbonyl (C=O) groups is 2. The summed E-state index contributed by atoms with van der Waals surface area (Å²) in [6.07, 6.45) is 1.95. The summed E-state index contributed by atoms with van der Waals surface area (Å²) in [5, 5.41) is 0. The van der Waals surface area contributed by atoms with E-state index >= 15 is 0 Å². The Morgan fingerprint density at radius 1 is 1.17 bits per heavy atom. The lowest BCUT2D eigenvalue weighted by Gasteiger charge is -2.11. The molecule has 0 N–H and O–H groups in total. The van der Waals surface area contributed by atoms with Gasteiger partial charge in [0.15, 0.2) is 0 Å². The molecule has 0 aliphatic heterocycles. The molecule has 0 aromatic heterocycles. The predicted octanol–water partition coefficient (Wildman–Crippen LogP) is 2.23. The number of amides is 2. The van der Waals surface area contributed by atoms with Crippen LogP contribution in [0.3, 0.4) is 0 Å². The second-order valence-electron chi connectivity index (χ2n) is 3.78. The second-order valence-corrected chi connectivity index (χ2v) is 3.78. The highest BCUT2D eigenvalue weighted by Gasteiger charge is 2.05. The SMILES string of the molecule is O=CN(C=O)CC(=CF)CCc1ccc(F)cc1. The molecular formula is C13H13F2NO2. The van der Waals surface area contributed by atoms with Crippen molar-refractivity contribution in [1.29, 1.82) is 0 Å². The van der Waals surface area contributed by atoms with Crippen molar-refractivity contribution >= 4 is 12.8 Å². The van der Waals surface area contributed by atoms with Crippen LogP contribution in [-0.4, -0.2) is 24.3 Å². The average molecular weight is 253 g/mol. The van der Waals surface area contributed by atoms with Crippen LogP contribution in [0.1, 0.15) is 12.0 Å². The van der Waals surface area contributed by atoms with Crippen molar-refractivity contribution in [2.24, 2.45) is 0 Å². The van der Waals surface area contributed by atoms with Crippen LogP contribution in [-0.2, 0) is 16.0 Å². The number of hydrogen-bond acceptors (Lipinski definition) is 2. The van der Waals surface area contributed by atoms with Crippen LogP contribution in [0.5, 0.6) is 0 Å². The largest absolute Gasteiger partial charge is 0.284 e. The molecule has 3 nitrogen and oxygen atoms in total. The highest BCUT2D eigenvalue weighted by Crippen LogP contribution is 2.11. The number of nitrogens with zero attached hydrogens (tertiary/aromatic N) is 1. The van der Waals surface area contributed by atoms with Gasteiger partial charge in [-0.15, -0.1) is 0 Å². The Balaban J connectivity index is 2.52. The van der Waals surface area contributed by atoms with Crippen LogP contribution >= 0.6 is 0 Å². The fourth-order valence-electron chi connectivity index (χ4n) is 1.46. The first-order valence-electron chi connectivity index (χ1n) is 5.38. The van der Waals surface area contributed by atoms with E-state index in [0.717, 1.165) is 10.5 Å².